The summed E-state index contributed by atoms with van der Waals surface area (Å²) in [6.07, 6.45) is 0. The number of benzene rings is 12. The zero-order valence-electron chi connectivity index (χ0n) is 36.0. The Hall–Kier alpha value is -8.72. The van der Waals surface area contributed by atoms with E-state index in [0.29, 0.717) is 0 Å². The van der Waals surface area contributed by atoms with E-state index in [0.717, 1.165) is 0 Å². The summed E-state index contributed by atoms with van der Waals surface area (Å²) >= 11 is 0. The van der Waals surface area contributed by atoms with E-state index < -0.39 is 0 Å². The molecule has 12 aromatic carbocycles. The van der Waals surface area contributed by atoms with Crippen LogP contribution in [0.4, 0.5) is 0 Å². The lowest BCUT2D eigenvalue weighted by atomic mass is 9.81. The molecule has 0 fully saturated rings. The molecule has 0 unspecified atom stereocenters. The van der Waals surface area contributed by atoms with E-state index in [-0.39, 0.29) is 0 Å². The van der Waals surface area contributed by atoms with E-state index in [1.807, 2.05) is 0 Å². The molecule has 0 aliphatic carbocycles. The maximum atomic E-state index is 2.43. The summed E-state index contributed by atoms with van der Waals surface area (Å²) in [4.78, 5) is 0. The summed E-state index contributed by atoms with van der Waals surface area (Å²) in [6, 6.07) is 89.6. The molecule has 0 saturated heterocycles. The Labute approximate surface area is 381 Å². The van der Waals surface area contributed by atoms with Gasteiger partial charge in [0, 0.05) is 32.9 Å². The highest BCUT2D eigenvalue weighted by Crippen LogP contribution is 2.51. The maximum Gasteiger partial charge on any atom is 0.0541 e. The molecule has 14 aromatic rings. The number of para-hydroxylation sites is 4. The van der Waals surface area contributed by atoms with Crippen molar-refractivity contribution in [3.8, 4) is 44.8 Å². The van der Waals surface area contributed by atoms with Gasteiger partial charge in [0.25, 0.3) is 0 Å². The van der Waals surface area contributed by atoms with E-state index in [1.54, 1.807) is 0 Å². The Bertz CT molecular complexity index is 3870. The second-order valence-electron chi connectivity index (χ2n) is 17.5. The summed E-state index contributed by atoms with van der Waals surface area (Å²) in [6.45, 7) is 0. The third-order valence-corrected chi connectivity index (χ3v) is 14.1. The maximum absolute atomic E-state index is 2.43. The van der Waals surface area contributed by atoms with Crippen LogP contribution in [0.1, 0.15) is 0 Å². The van der Waals surface area contributed by atoms with Crippen molar-refractivity contribution < 1.29 is 0 Å². The standard InChI is InChI=1S/C64H40N2/c1-3-19-43(20-4-1)65-57-33-17-15-23-45(57)55-39-41(35-37-59(55)65)61-47-25-7-11-29-51(47)63(52-30-12-8-26-48(52)61)64-53-31-13-9-27-49(53)62(50-28-10-14-32-54(50)64)42-36-38-60-56(40-42)46-24-16-18-34-58(46)66(60)44-21-5-2-6-22-44/h1-40H. The average Bonchev–Trinajstić information content (AvgIpc) is 3.90. The lowest BCUT2D eigenvalue weighted by molar-refractivity contribution is 1.18. The molecule has 0 bridgehead atoms. The molecule has 0 aliphatic rings. The molecule has 0 radical (unpaired) electrons. The summed E-state index contributed by atoms with van der Waals surface area (Å²) in [5.74, 6) is 0. The van der Waals surface area contributed by atoms with Crippen molar-refractivity contribution >= 4 is 86.7 Å². The normalized spacial score (nSPS) is 11.9. The van der Waals surface area contributed by atoms with Crippen LogP contribution < -0.4 is 0 Å². The SMILES string of the molecule is c1ccc(-n2c3ccccc3c3cc(-c4c5ccccc5c(-c5c6ccccc6c(-c6ccc7c(c6)c6ccccc6n7-c6ccccc6)c6ccccc56)c5ccccc45)ccc32)cc1. The van der Waals surface area contributed by atoms with Crippen molar-refractivity contribution in [2.75, 3.05) is 0 Å². The number of hydrogen-bond donors (Lipinski definition) is 0. The average molecular weight is 837 g/mol. The molecule has 66 heavy (non-hydrogen) atoms. The van der Waals surface area contributed by atoms with Crippen molar-refractivity contribution in [3.05, 3.63) is 243 Å². The molecule has 0 saturated carbocycles. The third-order valence-electron chi connectivity index (χ3n) is 14.1. The highest BCUT2D eigenvalue weighted by atomic mass is 15.0. The van der Waals surface area contributed by atoms with E-state index in [2.05, 4.69) is 252 Å². The fraction of sp³-hybridized carbons (Fsp3) is 0. The minimum absolute atomic E-state index is 1.17. The van der Waals surface area contributed by atoms with Crippen LogP contribution in [0.5, 0.6) is 0 Å². The minimum atomic E-state index is 1.17. The number of hydrogen-bond acceptors (Lipinski definition) is 0. The molecule has 0 spiro atoms. The second kappa shape index (κ2) is 14.4. The highest BCUT2D eigenvalue weighted by Gasteiger charge is 2.24. The molecule has 2 heteroatoms. The smallest absolute Gasteiger partial charge is 0.0541 e. The molecule has 0 amide bonds. The van der Waals surface area contributed by atoms with Gasteiger partial charge in [-0.2, -0.15) is 0 Å². The molecule has 2 heterocycles. The van der Waals surface area contributed by atoms with Crippen LogP contribution in [0.25, 0.3) is 131 Å². The van der Waals surface area contributed by atoms with E-state index >= 15 is 0 Å². The van der Waals surface area contributed by atoms with Gasteiger partial charge in [0.2, 0.25) is 0 Å². The van der Waals surface area contributed by atoms with Crippen LogP contribution in [0, 0.1) is 0 Å². The summed E-state index contributed by atoms with van der Waals surface area (Å²) in [5, 5.41) is 15.0. The lowest BCUT2D eigenvalue weighted by Crippen LogP contribution is -1.95. The largest absolute Gasteiger partial charge is 0.309 e. The fourth-order valence-electron chi connectivity index (χ4n) is 11.4. The van der Waals surface area contributed by atoms with Crippen molar-refractivity contribution in [1.29, 1.82) is 0 Å². The molecule has 14 rings (SSSR count). The van der Waals surface area contributed by atoms with E-state index in [9.17, 15) is 0 Å². The van der Waals surface area contributed by atoms with Crippen molar-refractivity contribution in [3.63, 3.8) is 0 Å². The lowest BCUT2D eigenvalue weighted by Gasteiger charge is -2.22. The second-order valence-corrected chi connectivity index (χ2v) is 17.5. The van der Waals surface area contributed by atoms with Crippen LogP contribution in [-0.2, 0) is 0 Å². The van der Waals surface area contributed by atoms with Gasteiger partial charge >= 0.3 is 0 Å². The van der Waals surface area contributed by atoms with Gasteiger partial charge in [0.05, 0.1) is 22.1 Å². The predicted molar refractivity (Wildman–Crippen MR) is 281 cm³/mol. The first kappa shape index (κ1) is 36.7. The Morgan fingerprint density at radius 2 is 0.439 bits per heavy atom. The molecule has 2 aromatic heterocycles. The van der Waals surface area contributed by atoms with Gasteiger partial charge in [0.1, 0.15) is 0 Å². The Morgan fingerprint density at radius 3 is 0.773 bits per heavy atom. The van der Waals surface area contributed by atoms with E-state index in [4.69, 9.17) is 0 Å². The number of aromatic nitrogens is 2. The van der Waals surface area contributed by atoms with Crippen molar-refractivity contribution in [2.24, 2.45) is 0 Å². The molecule has 2 nitrogen and oxygen atoms in total. The quantitative estimate of drug-likeness (QED) is 0.153. The van der Waals surface area contributed by atoms with Crippen molar-refractivity contribution in [1.82, 2.24) is 9.13 Å². The van der Waals surface area contributed by atoms with Crippen LogP contribution in [0.2, 0.25) is 0 Å². The molecule has 0 aliphatic heterocycles. The first-order valence-corrected chi connectivity index (χ1v) is 22.9. The number of rotatable bonds is 5. The molecule has 0 N–H and O–H groups in total. The van der Waals surface area contributed by atoms with Gasteiger partial charge in [0.15, 0.2) is 0 Å². The van der Waals surface area contributed by atoms with Gasteiger partial charge in [-0.25, -0.2) is 0 Å². The highest BCUT2D eigenvalue weighted by molar-refractivity contribution is 6.30. The topological polar surface area (TPSA) is 9.86 Å². The molecular formula is C64H40N2. The van der Waals surface area contributed by atoms with E-state index in [1.165, 1.54) is 131 Å². The zero-order valence-corrected chi connectivity index (χ0v) is 36.0. The first-order valence-electron chi connectivity index (χ1n) is 22.9. The first-order chi connectivity index (χ1) is 32.8. The summed E-state index contributed by atoms with van der Waals surface area (Å²) in [7, 11) is 0. The monoisotopic (exact) mass is 836 g/mol. The number of nitrogens with zero attached hydrogens (tertiary/aromatic N) is 2. The molecule has 306 valence electrons. The minimum Gasteiger partial charge on any atom is -0.309 e. The van der Waals surface area contributed by atoms with Gasteiger partial charge in [-0.3, -0.25) is 0 Å². The van der Waals surface area contributed by atoms with Crippen LogP contribution in [-0.4, -0.2) is 9.13 Å². The fourth-order valence-corrected chi connectivity index (χ4v) is 11.4. The van der Waals surface area contributed by atoms with Crippen molar-refractivity contribution in [2.45, 2.75) is 0 Å². The molecular weight excluding hydrogens is 797 g/mol. The van der Waals surface area contributed by atoms with Crippen LogP contribution in [0.3, 0.4) is 0 Å². The molecule has 0 atom stereocenters. The third kappa shape index (κ3) is 5.30. The summed E-state index contributed by atoms with van der Waals surface area (Å²) < 4.78 is 4.80. The predicted octanol–water partition coefficient (Wildman–Crippen LogP) is 17.5. The Morgan fingerprint density at radius 1 is 0.182 bits per heavy atom. The Balaban J connectivity index is 1.04. The van der Waals surface area contributed by atoms with Gasteiger partial charge in [-0.1, -0.05) is 182 Å². The summed E-state index contributed by atoms with van der Waals surface area (Å²) in [5.41, 5.74) is 14.6. The van der Waals surface area contributed by atoms with Crippen LogP contribution >= 0.6 is 0 Å². The van der Waals surface area contributed by atoms with Gasteiger partial charge in [-0.15, -0.1) is 0 Å². The zero-order chi connectivity index (χ0) is 43.3. The Kier molecular flexibility index (Phi) is 8.02. The van der Waals surface area contributed by atoms with Crippen LogP contribution in [0.15, 0.2) is 243 Å². The van der Waals surface area contributed by atoms with Gasteiger partial charge < -0.3 is 9.13 Å². The van der Waals surface area contributed by atoms with Gasteiger partial charge in [-0.05, 0) is 137 Å². The number of fused-ring (bicyclic) bond motifs is 10.